The number of ether oxygens (including phenoxy) is 1. The normalized spacial score (nSPS) is 11.5. The molecule has 1 atom stereocenters. The van der Waals surface area contributed by atoms with Crippen LogP contribution in [0.2, 0.25) is 0 Å². The molecule has 2 amide bonds. The highest BCUT2D eigenvalue weighted by Crippen LogP contribution is 2.21. The maximum absolute atomic E-state index is 12.7. The number of carbonyl (C=O) groups is 2. The molecule has 132 valence electrons. The van der Waals surface area contributed by atoms with E-state index in [-0.39, 0.29) is 17.9 Å². The first-order valence-corrected chi connectivity index (χ1v) is 8.19. The lowest BCUT2D eigenvalue weighted by molar-refractivity contribution is -0.114. The van der Waals surface area contributed by atoms with E-state index in [9.17, 15) is 9.59 Å². The standard InChI is InChI=1S/C20H24N2O3/c1-14(13-17-7-5-6-8-19(17)25-4)22(3)20(24)16-9-11-18(12-10-16)21-15(2)23/h5-12,14H,13H2,1-4H3,(H,21,23)/t14-/m1/s1. The second-order valence-corrected chi connectivity index (χ2v) is 6.04. The van der Waals surface area contributed by atoms with Gasteiger partial charge in [0.1, 0.15) is 5.75 Å². The molecule has 0 aliphatic carbocycles. The number of benzene rings is 2. The summed E-state index contributed by atoms with van der Waals surface area (Å²) in [6.45, 7) is 3.46. The summed E-state index contributed by atoms with van der Waals surface area (Å²) in [5.41, 5.74) is 2.33. The van der Waals surface area contributed by atoms with E-state index in [0.29, 0.717) is 17.7 Å². The van der Waals surface area contributed by atoms with E-state index < -0.39 is 0 Å². The second kappa shape index (κ2) is 8.33. The highest BCUT2D eigenvalue weighted by atomic mass is 16.5. The van der Waals surface area contributed by atoms with Crippen molar-refractivity contribution in [1.29, 1.82) is 0 Å². The van der Waals surface area contributed by atoms with E-state index >= 15 is 0 Å². The van der Waals surface area contributed by atoms with E-state index in [1.165, 1.54) is 6.92 Å². The van der Waals surface area contributed by atoms with Gasteiger partial charge in [0.2, 0.25) is 5.91 Å². The van der Waals surface area contributed by atoms with Crippen LogP contribution in [-0.4, -0.2) is 36.9 Å². The first-order chi connectivity index (χ1) is 11.9. The number of hydrogen-bond acceptors (Lipinski definition) is 3. The molecule has 0 aliphatic heterocycles. The smallest absolute Gasteiger partial charge is 0.253 e. The molecular weight excluding hydrogens is 316 g/mol. The van der Waals surface area contributed by atoms with Crippen molar-refractivity contribution in [3.63, 3.8) is 0 Å². The molecule has 25 heavy (non-hydrogen) atoms. The van der Waals surface area contributed by atoms with Gasteiger partial charge in [0.05, 0.1) is 7.11 Å². The molecule has 0 unspecified atom stereocenters. The Hall–Kier alpha value is -2.82. The molecule has 2 aromatic carbocycles. The number of amides is 2. The zero-order chi connectivity index (χ0) is 18.4. The largest absolute Gasteiger partial charge is 0.496 e. The van der Waals surface area contributed by atoms with Gasteiger partial charge < -0.3 is 15.0 Å². The Bertz CT molecular complexity index is 741. The third kappa shape index (κ3) is 4.83. The Kier molecular flexibility index (Phi) is 6.17. The Labute approximate surface area is 148 Å². The van der Waals surface area contributed by atoms with Crippen LogP contribution in [0.4, 0.5) is 5.69 Å². The van der Waals surface area contributed by atoms with Gasteiger partial charge in [0.15, 0.2) is 0 Å². The zero-order valence-corrected chi connectivity index (χ0v) is 15.1. The van der Waals surface area contributed by atoms with Gasteiger partial charge in [-0.3, -0.25) is 9.59 Å². The van der Waals surface area contributed by atoms with Crippen LogP contribution in [0.15, 0.2) is 48.5 Å². The van der Waals surface area contributed by atoms with Crippen molar-refractivity contribution in [3.05, 3.63) is 59.7 Å². The van der Waals surface area contributed by atoms with Crippen molar-refractivity contribution in [2.45, 2.75) is 26.3 Å². The van der Waals surface area contributed by atoms with Crippen LogP contribution in [0.1, 0.15) is 29.8 Å². The molecule has 5 nitrogen and oxygen atoms in total. The average Bonchev–Trinajstić information content (AvgIpc) is 2.61. The van der Waals surface area contributed by atoms with Gasteiger partial charge in [-0.15, -0.1) is 0 Å². The van der Waals surface area contributed by atoms with Gasteiger partial charge in [0.25, 0.3) is 5.91 Å². The first-order valence-electron chi connectivity index (χ1n) is 8.19. The van der Waals surface area contributed by atoms with Gasteiger partial charge in [-0.05, 0) is 49.2 Å². The number of hydrogen-bond donors (Lipinski definition) is 1. The van der Waals surface area contributed by atoms with Crippen molar-refractivity contribution in [2.24, 2.45) is 0 Å². The predicted octanol–water partition coefficient (Wildman–Crippen LogP) is 3.36. The van der Waals surface area contributed by atoms with Crippen molar-refractivity contribution < 1.29 is 14.3 Å². The Morgan fingerprint density at radius 1 is 1.12 bits per heavy atom. The fraction of sp³-hybridized carbons (Fsp3) is 0.300. The number of nitrogens with one attached hydrogen (secondary N) is 1. The number of para-hydroxylation sites is 1. The third-order valence-corrected chi connectivity index (χ3v) is 4.14. The van der Waals surface area contributed by atoms with Crippen molar-refractivity contribution in [3.8, 4) is 5.75 Å². The molecule has 2 rings (SSSR count). The van der Waals surface area contributed by atoms with E-state index in [0.717, 1.165) is 11.3 Å². The Morgan fingerprint density at radius 2 is 1.76 bits per heavy atom. The van der Waals surface area contributed by atoms with Crippen LogP contribution in [0.5, 0.6) is 5.75 Å². The van der Waals surface area contributed by atoms with Gasteiger partial charge >= 0.3 is 0 Å². The highest BCUT2D eigenvalue weighted by Gasteiger charge is 2.19. The summed E-state index contributed by atoms with van der Waals surface area (Å²) >= 11 is 0. The van der Waals surface area contributed by atoms with E-state index in [1.54, 1.807) is 43.3 Å². The monoisotopic (exact) mass is 340 g/mol. The molecule has 0 radical (unpaired) electrons. The SMILES string of the molecule is COc1ccccc1C[C@@H](C)N(C)C(=O)c1ccc(NC(C)=O)cc1. The molecule has 0 fully saturated rings. The predicted molar refractivity (Wildman–Crippen MR) is 99.0 cm³/mol. The van der Waals surface area contributed by atoms with Crippen molar-refractivity contribution in [2.75, 3.05) is 19.5 Å². The lowest BCUT2D eigenvalue weighted by Gasteiger charge is -2.26. The molecule has 0 aromatic heterocycles. The van der Waals surface area contributed by atoms with E-state index in [1.807, 2.05) is 31.2 Å². The van der Waals surface area contributed by atoms with Crippen LogP contribution in [0.3, 0.4) is 0 Å². The minimum Gasteiger partial charge on any atom is -0.496 e. The van der Waals surface area contributed by atoms with Crippen molar-refractivity contribution in [1.82, 2.24) is 4.90 Å². The summed E-state index contributed by atoms with van der Waals surface area (Å²) in [5.74, 6) is 0.633. The first kappa shape index (κ1) is 18.5. The summed E-state index contributed by atoms with van der Waals surface area (Å²) in [6.07, 6.45) is 0.705. The second-order valence-electron chi connectivity index (χ2n) is 6.04. The van der Waals surface area contributed by atoms with Crippen molar-refractivity contribution >= 4 is 17.5 Å². The van der Waals surface area contributed by atoms with E-state index in [4.69, 9.17) is 4.74 Å². The Morgan fingerprint density at radius 3 is 2.36 bits per heavy atom. The number of rotatable bonds is 6. The lowest BCUT2D eigenvalue weighted by Crippen LogP contribution is -2.36. The quantitative estimate of drug-likeness (QED) is 0.877. The maximum Gasteiger partial charge on any atom is 0.253 e. The summed E-state index contributed by atoms with van der Waals surface area (Å²) in [5, 5.41) is 2.69. The maximum atomic E-state index is 12.7. The highest BCUT2D eigenvalue weighted by molar-refractivity contribution is 5.95. The van der Waals surface area contributed by atoms with Crippen LogP contribution in [0, 0.1) is 0 Å². The summed E-state index contributed by atoms with van der Waals surface area (Å²) in [7, 11) is 3.44. The molecule has 0 saturated heterocycles. The topological polar surface area (TPSA) is 58.6 Å². The summed E-state index contributed by atoms with van der Waals surface area (Å²) in [4.78, 5) is 25.5. The fourth-order valence-corrected chi connectivity index (χ4v) is 2.63. The average molecular weight is 340 g/mol. The molecule has 0 spiro atoms. The van der Waals surface area contributed by atoms with E-state index in [2.05, 4.69) is 5.32 Å². The number of nitrogens with zero attached hydrogens (tertiary/aromatic N) is 1. The molecule has 1 N–H and O–H groups in total. The van der Waals surface area contributed by atoms with Crippen LogP contribution in [0.25, 0.3) is 0 Å². The van der Waals surface area contributed by atoms with Crippen LogP contribution >= 0.6 is 0 Å². The molecule has 5 heteroatoms. The molecule has 0 heterocycles. The molecule has 0 bridgehead atoms. The minimum absolute atomic E-state index is 0.0128. The molecule has 0 aliphatic rings. The number of carbonyl (C=O) groups excluding carboxylic acids is 2. The summed E-state index contributed by atoms with van der Waals surface area (Å²) < 4.78 is 5.38. The summed E-state index contributed by atoms with van der Waals surface area (Å²) in [6, 6.07) is 14.7. The van der Waals surface area contributed by atoms with Gasteiger partial charge in [-0.2, -0.15) is 0 Å². The third-order valence-electron chi connectivity index (χ3n) is 4.14. The molecule has 2 aromatic rings. The van der Waals surface area contributed by atoms with Gasteiger partial charge in [-0.1, -0.05) is 18.2 Å². The van der Waals surface area contributed by atoms with Gasteiger partial charge in [0, 0.05) is 31.3 Å². The van der Waals surface area contributed by atoms with Gasteiger partial charge in [-0.25, -0.2) is 0 Å². The van der Waals surface area contributed by atoms with Crippen LogP contribution < -0.4 is 10.1 Å². The Balaban J connectivity index is 2.06. The fourth-order valence-electron chi connectivity index (χ4n) is 2.63. The minimum atomic E-state index is -0.137. The zero-order valence-electron chi connectivity index (χ0n) is 15.1. The number of methoxy groups -OCH3 is 1. The number of likely N-dealkylation sites (N-methyl/N-ethyl adjacent to an activating group) is 1. The lowest BCUT2D eigenvalue weighted by atomic mass is 10.0. The molecular formula is C20H24N2O3. The number of anilines is 1. The molecule has 0 saturated carbocycles. The van der Waals surface area contributed by atoms with Crippen LogP contribution in [-0.2, 0) is 11.2 Å².